The first-order valence-electron chi connectivity index (χ1n) is 4.82. The standard InChI is InChI=1S/C13H2O6/c14-2-8-6-1-7(13(18)19)10(4-16)12(6)11(5-17)9(8)3-15/h1H,(H,18,19). The lowest BCUT2D eigenvalue weighted by atomic mass is 9.97. The van der Waals surface area contributed by atoms with E-state index in [-0.39, 0.29) is 27.9 Å². The molecule has 2 aliphatic rings. The van der Waals surface area contributed by atoms with E-state index < -0.39 is 17.1 Å². The second-order valence-corrected chi connectivity index (χ2v) is 3.56. The summed E-state index contributed by atoms with van der Waals surface area (Å²) in [5.74, 6) is 4.21. The number of hydrogen-bond acceptors (Lipinski definition) is 5. The number of carbonyl (C=O) groups excluding carboxylic acids is 4. The van der Waals surface area contributed by atoms with Crippen LogP contribution in [-0.4, -0.2) is 34.8 Å². The Bertz CT molecular complexity index is 794. The molecule has 0 aromatic heterocycles. The van der Waals surface area contributed by atoms with Crippen molar-refractivity contribution in [1.29, 1.82) is 0 Å². The van der Waals surface area contributed by atoms with Gasteiger partial charge in [0.15, 0.2) is 0 Å². The zero-order valence-corrected chi connectivity index (χ0v) is 9.07. The van der Waals surface area contributed by atoms with Crippen molar-refractivity contribution in [3.8, 4) is 0 Å². The van der Waals surface area contributed by atoms with E-state index in [0.29, 0.717) is 0 Å². The maximum absolute atomic E-state index is 10.9. The second kappa shape index (κ2) is 4.21. The average molecular weight is 254 g/mol. The largest absolute Gasteiger partial charge is 0.478 e. The third-order valence-electron chi connectivity index (χ3n) is 2.74. The van der Waals surface area contributed by atoms with Crippen molar-refractivity contribution in [2.24, 2.45) is 0 Å². The number of rotatable bonds is 1. The topological polar surface area (TPSA) is 106 Å². The fraction of sp³-hybridized carbons (Fsp3) is 0. The van der Waals surface area contributed by atoms with Crippen molar-refractivity contribution in [2.75, 3.05) is 0 Å². The summed E-state index contributed by atoms with van der Waals surface area (Å²) >= 11 is 0. The van der Waals surface area contributed by atoms with E-state index in [1.54, 1.807) is 0 Å². The van der Waals surface area contributed by atoms with Gasteiger partial charge in [-0.25, -0.2) is 24.0 Å². The third-order valence-corrected chi connectivity index (χ3v) is 2.74. The van der Waals surface area contributed by atoms with Crippen molar-refractivity contribution in [3.63, 3.8) is 0 Å². The Morgan fingerprint density at radius 2 is 1.37 bits per heavy atom. The minimum absolute atomic E-state index is 0.0255. The molecule has 2 rings (SSSR count). The molecule has 6 nitrogen and oxygen atoms in total. The van der Waals surface area contributed by atoms with Crippen LogP contribution in [0.3, 0.4) is 0 Å². The number of carbonyl (C=O) groups is 1. The molecule has 0 aromatic carbocycles. The van der Waals surface area contributed by atoms with Crippen molar-refractivity contribution in [3.05, 3.63) is 45.1 Å². The van der Waals surface area contributed by atoms with Crippen molar-refractivity contribution in [1.82, 2.24) is 0 Å². The normalized spacial score (nSPS) is 16.5. The maximum atomic E-state index is 10.9. The average Bonchev–Trinajstić information content (AvgIpc) is 2.90. The van der Waals surface area contributed by atoms with Gasteiger partial charge in [0.25, 0.3) is 0 Å². The molecule has 90 valence electrons. The first kappa shape index (κ1) is 12.2. The summed E-state index contributed by atoms with van der Waals surface area (Å²) in [5, 5.41) is 8.92. The van der Waals surface area contributed by atoms with Crippen LogP contribution in [0, 0.1) is 0 Å². The monoisotopic (exact) mass is 254 g/mol. The van der Waals surface area contributed by atoms with E-state index in [2.05, 4.69) is 0 Å². The number of aliphatic carboxylic acids is 1. The molecular formula is C13H2O6. The highest BCUT2D eigenvalue weighted by Crippen LogP contribution is 2.46. The molecule has 6 heteroatoms. The summed E-state index contributed by atoms with van der Waals surface area (Å²) in [6, 6.07) is 0. The Balaban J connectivity index is 2.89. The van der Waals surface area contributed by atoms with Crippen molar-refractivity contribution >= 4 is 29.7 Å². The van der Waals surface area contributed by atoms with Gasteiger partial charge in [-0.05, 0) is 6.08 Å². The Morgan fingerprint density at radius 3 is 1.79 bits per heavy atom. The molecule has 0 heterocycles. The summed E-state index contributed by atoms with van der Waals surface area (Å²) in [5.41, 5.74) is -2.06. The molecule has 0 saturated carbocycles. The smallest absolute Gasteiger partial charge is 0.337 e. The van der Waals surface area contributed by atoms with Gasteiger partial charge in [-0.15, -0.1) is 0 Å². The Labute approximate surface area is 105 Å². The molecule has 0 spiro atoms. The van der Waals surface area contributed by atoms with E-state index in [1.165, 1.54) is 23.8 Å². The zero-order valence-electron chi connectivity index (χ0n) is 9.07. The highest BCUT2D eigenvalue weighted by Gasteiger charge is 2.40. The summed E-state index contributed by atoms with van der Waals surface area (Å²) in [6.07, 6.45) is 1.01. The summed E-state index contributed by atoms with van der Waals surface area (Å²) in [7, 11) is 0. The Morgan fingerprint density at radius 1 is 0.842 bits per heavy atom. The molecule has 0 radical (unpaired) electrons. The highest BCUT2D eigenvalue weighted by molar-refractivity contribution is 6.09. The van der Waals surface area contributed by atoms with Crippen LogP contribution in [0.25, 0.3) is 0 Å². The van der Waals surface area contributed by atoms with Crippen LogP contribution >= 0.6 is 0 Å². The lowest BCUT2D eigenvalue weighted by Crippen LogP contribution is -2.05. The number of hydrogen-bond donors (Lipinski definition) is 1. The van der Waals surface area contributed by atoms with Gasteiger partial charge in [0.2, 0.25) is 0 Å². The molecule has 0 aromatic rings. The summed E-state index contributed by atoms with van der Waals surface area (Å²) in [6.45, 7) is 0. The van der Waals surface area contributed by atoms with Crippen molar-refractivity contribution < 1.29 is 29.1 Å². The molecule has 0 saturated heterocycles. The van der Waals surface area contributed by atoms with E-state index in [4.69, 9.17) is 5.11 Å². The van der Waals surface area contributed by atoms with E-state index >= 15 is 0 Å². The van der Waals surface area contributed by atoms with E-state index in [0.717, 1.165) is 6.08 Å². The molecule has 0 unspecified atom stereocenters. The quantitative estimate of drug-likeness (QED) is 0.623. The maximum Gasteiger partial charge on any atom is 0.337 e. The summed E-state index contributed by atoms with van der Waals surface area (Å²) < 4.78 is 0. The lowest BCUT2D eigenvalue weighted by Gasteiger charge is -2.01. The predicted octanol–water partition coefficient (Wildman–Crippen LogP) is -0.647. The van der Waals surface area contributed by atoms with Gasteiger partial charge in [-0.1, -0.05) is 0 Å². The van der Waals surface area contributed by atoms with Crippen molar-refractivity contribution in [2.45, 2.75) is 0 Å². The van der Waals surface area contributed by atoms with E-state index in [1.807, 2.05) is 0 Å². The predicted molar refractivity (Wildman–Crippen MR) is 59.6 cm³/mol. The minimum atomic E-state index is -1.42. The number of allylic oxidation sites excluding steroid dienone is 6. The van der Waals surface area contributed by atoms with E-state index in [9.17, 15) is 24.0 Å². The third kappa shape index (κ3) is 1.44. The molecule has 0 amide bonds. The van der Waals surface area contributed by atoms with Crippen LogP contribution in [0.4, 0.5) is 0 Å². The fourth-order valence-corrected chi connectivity index (χ4v) is 1.98. The van der Waals surface area contributed by atoms with Crippen LogP contribution in [0.5, 0.6) is 0 Å². The highest BCUT2D eigenvalue weighted by atomic mass is 16.4. The SMILES string of the molecule is O=C=C1C(=C=O)C2=C(C1=C=O)C(=C=O)C(C(=O)O)=C2. The Kier molecular flexibility index (Phi) is 2.70. The van der Waals surface area contributed by atoms with Gasteiger partial charge in [-0.2, -0.15) is 0 Å². The fourth-order valence-electron chi connectivity index (χ4n) is 1.98. The molecule has 2 aliphatic carbocycles. The van der Waals surface area contributed by atoms with Gasteiger partial charge < -0.3 is 5.11 Å². The Hall–Kier alpha value is -3.25. The van der Waals surface area contributed by atoms with Crippen LogP contribution < -0.4 is 0 Å². The van der Waals surface area contributed by atoms with Gasteiger partial charge in [0, 0.05) is 11.1 Å². The van der Waals surface area contributed by atoms with Crippen LogP contribution in [0.1, 0.15) is 0 Å². The number of carboxylic acids is 1. The van der Waals surface area contributed by atoms with Gasteiger partial charge >= 0.3 is 5.97 Å². The first-order valence-corrected chi connectivity index (χ1v) is 4.82. The molecule has 0 fully saturated rings. The molecule has 19 heavy (non-hydrogen) atoms. The van der Waals surface area contributed by atoms with Gasteiger partial charge in [0.1, 0.15) is 23.8 Å². The second-order valence-electron chi connectivity index (χ2n) is 3.56. The minimum Gasteiger partial charge on any atom is -0.478 e. The molecular weight excluding hydrogens is 252 g/mol. The molecule has 0 bridgehead atoms. The lowest BCUT2D eigenvalue weighted by molar-refractivity contribution is -0.132. The van der Waals surface area contributed by atoms with Gasteiger partial charge in [-0.3, -0.25) is 0 Å². The number of carboxylic acid groups (broad SMARTS) is 1. The van der Waals surface area contributed by atoms with Crippen LogP contribution in [-0.2, 0) is 24.0 Å². The van der Waals surface area contributed by atoms with Crippen LogP contribution in [0.2, 0.25) is 0 Å². The molecule has 0 atom stereocenters. The molecule has 1 N–H and O–H groups in total. The zero-order chi connectivity index (χ0) is 14.2. The molecule has 0 aliphatic heterocycles. The summed E-state index contributed by atoms with van der Waals surface area (Å²) in [4.78, 5) is 54.3. The van der Waals surface area contributed by atoms with Gasteiger partial charge in [0.05, 0.1) is 27.9 Å². The first-order chi connectivity index (χ1) is 9.10. The van der Waals surface area contributed by atoms with Crippen LogP contribution in [0.15, 0.2) is 45.1 Å².